The third-order valence-corrected chi connectivity index (χ3v) is 3.58. The average Bonchev–Trinajstić information content (AvgIpc) is 2.90. The Morgan fingerprint density at radius 2 is 2.22 bits per heavy atom. The van der Waals surface area contributed by atoms with E-state index in [9.17, 15) is 13.6 Å². The molecule has 0 atom stereocenters. The fraction of sp³-hybridized carbons (Fsp3) is 0.200. The van der Waals surface area contributed by atoms with Gasteiger partial charge in [0.2, 0.25) is 5.91 Å². The molecule has 0 aliphatic heterocycles. The molecule has 0 bridgehead atoms. The summed E-state index contributed by atoms with van der Waals surface area (Å²) >= 11 is 1.30. The molecule has 0 aliphatic carbocycles. The molecule has 0 radical (unpaired) electrons. The highest BCUT2D eigenvalue weighted by Gasteiger charge is 2.14. The Morgan fingerprint density at radius 3 is 2.83 bits per heavy atom. The number of carbonyl (C=O) groups excluding carboxylic acids is 1. The number of aryl methyl sites for hydroxylation is 1. The van der Waals surface area contributed by atoms with Gasteiger partial charge in [-0.1, -0.05) is 12.1 Å². The highest BCUT2D eigenvalue weighted by atomic mass is 32.1. The summed E-state index contributed by atoms with van der Waals surface area (Å²) in [5, 5.41) is 4.85. The summed E-state index contributed by atoms with van der Waals surface area (Å²) in [6.07, 6.45) is 2.58. The number of benzene rings is 1. The fourth-order valence-corrected chi connectivity index (χ4v) is 2.46. The standard InChI is InChI=1S/C15H14F2N2O3S/c1-9-8-23-15(18-9)19-12(20)7-6-10-4-3-5-11(21-2)13(10)22-14(16)17/h3-8,14H,1-2H3,(H,18,19,20)/b7-6-. The molecule has 2 aromatic rings. The van der Waals surface area contributed by atoms with Gasteiger partial charge in [-0.05, 0) is 19.1 Å². The van der Waals surface area contributed by atoms with Crippen molar-refractivity contribution in [3.8, 4) is 11.5 Å². The van der Waals surface area contributed by atoms with Crippen LogP contribution in [0.25, 0.3) is 6.08 Å². The lowest BCUT2D eigenvalue weighted by Crippen LogP contribution is -2.08. The van der Waals surface area contributed by atoms with Gasteiger partial charge in [-0.2, -0.15) is 8.78 Å². The number of anilines is 1. The van der Waals surface area contributed by atoms with Gasteiger partial charge >= 0.3 is 6.61 Å². The van der Waals surface area contributed by atoms with Gasteiger partial charge in [-0.25, -0.2) is 4.98 Å². The minimum Gasteiger partial charge on any atom is -0.493 e. The number of para-hydroxylation sites is 1. The number of rotatable bonds is 6. The van der Waals surface area contributed by atoms with Crippen LogP contribution in [0.5, 0.6) is 11.5 Å². The van der Waals surface area contributed by atoms with Crippen molar-refractivity contribution in [2.75, 3.05) is 12.4 Å². The predicted molar refractivity (Wildman–Crippen MR) is 84.1 cm³/mol. The number of halogens is 2. The summed E-state index contributed by atoms with van der Waals surface area (Å²) in [6.45, 7) is -1.18. The molecule has 0 fully saturated rings. The monoisotopic (exact) mass is 340 g/mol. The van der Waals surface area contributed by atoms with Crippen molar-refractivity contribution in [2.45, 2.75) is 13.5 Å². The normalized spacial score (nSPS) is 11.0. The number of methoxy groups -OCH3 is 1. The van der Waals surface area contributed by atoms with Crippen LogP contribution in [0, 0.1) is 6.92 Å². The first-order valence-corrected chi connectivity index (χ1v) is 7.40. The van der Waals surface area contributed by atoms with Gasteiger partial charge in [0.15, 0.2) is 16.6 Å². The van der Waals surface area contributed by atoms with E-state index in [0.29, 0.717) is 10.7 Å². The van der Waals surface area contributed by atoms with Crippen molar-refractivity contribution in [1.29, 1.82) is 0 Å². The van der Waals surface area contributed by atoms with Crippen molar-refractivity contribution in [2.24, 2.45) is 0 Å². The first kappa shape index (κ1) is 16.9. The van der Waals surface area contributed by atoms with E-state index in [0.717, 1.165) is 5.69 Å². The molecule has 0 aliphatic rings. The summed E-state index contributed by atoms with van der Waals surface area (Å²) in [5.41, 5.74) is 1.10. The summed E-state index contributed by atoms with van der Waals surface area (Å²) in [4.78, 5) is 15.9. The smallest absolute Gasteiger partial charge is 0.387 e. The molecule has 1 aromatic heterocycles. The number of hydrogen-bond acceptors (Lipinski definition) is 5. The molecule has 1 amide bonds. The first-order chi connectivity index (χ1) is 11.0. The Labute approximate surface area is 135 Å². The summed E-state index contributed by atoms with van der Waals surface area (Å²) in [7, 11) is 1.35. The quantitative estimate of drug-likeness (QED) is 0.814. The number of alkyl halides is 2. The Kier molecular flexibility index (Phi) is 5.64. The van der Waals surface area contributed by atoms with Crippen molar-refractivity contribution >= 4 is 28.5 Å². The molecule has 2 rings (SSSR count). The molecular weight excluding hydrogens is 326 g/mol. The number of nitrogens with one attached hydrogen (secondary N) is 1. The number of hydrogen-bond donors (Lipinski definition) is 1. The highest BCUT2D eigenvalue weighted by molar-refractivity contribution is 7.13. The summed E-state index contributed by atoms with van der Waals surface area (Å²) in [6, 6.07) is 4.64. The highest BCUT2D eigenvalue weighted by Crippen LogP contribution is 2.33. The number of ether oxygens (including phenoxy) is 2. The Hall–Kier alpha value is -2.48. The first-order valence-electron chi connectivity index (χ1n) is 6.52. The maximum absolute atomic E-state index is 12.5. The molecular formula is C15H14F2N2O3S. The lowest BCUT2D eigenvalue weighted by molar-refractivity contribution is -0.111. The van der Waals surface area contributed by atoms with Crippen LogP contribution in [-0.2, 0) is 4.79 Å². The van der Waals surface area contributed by atoms with Crippen LogP contribution in [0.2, 0.25) is 0 Å². The van der Waals surface area contributed by atoms with Gasteiger partial charge in [-0.3, -0.25) is 10.1 Å². The Balaban J connectivity index is 2.16. The van der Waals surface area contributed by atoms with Gasteiger partial charge in [0.1, 0.15) is 0 Å². The van der Waals surface area contributed by atoms with E-state index in [2.05, 4.69) is 15.0 Å². The predicted octanol–water partition coefficient (Wildman–Crippen LogP) is 3.71. The van der Waals surface area contributed by atoms with E-state index in [1.54, 1.807) is 11.4 Å². The largest absolute Gasteiger partial charge is 0.493 e. The molecule has 8 heteroatoms. The van der Waals surface area contributed by atoms with Crippen molar-refractivity contribution in [1.82, 2.24) is 4.98 Å². The fourth-order valence-electron chi connectivity index (χ4n) is 1.76. The second-order valence-corrected chi connectivity index (χ2v) is 5.23. The van der Waals surface area contributed by atoms with E-state index in [1.807, 2.05) is 6.92 Å². The van der Waals surface area contributed by atoms with Crippen LogP contribution in [-0.4, -0.2) is 24.6 Å². The lowest BCUT2D eigenvalue weighted by atomic mass is 10.1. The van der Waals surface area contributed by atoms with Crippen molar-refractivity contribution in [3.63, 3.8) is 0 Å². The second-order valence-electron chi connectivity index (χ2n) is 4.37. The zero-order valence-corrected chi connectivity index (χ0v) is 13.2. The van der Waals surface area contributed by atoms with E-state index < -0.39 is 12.5 Å². The minimum absolute atomic E-state index is 0.126. The number of aromatic nitrogens is 1. The molecule has 0 unspecified atom stereocenters. The van der Waals surface area contributed by atoms with E-state index in [-0.39, 0.29) is 11.5 Å². The topological polar surface area (TPSA) is 60.5 Å². The van der Waals surface area contributed by atoms with Crippen LogP contribution in [0.1, 0.15) is 11.3 Å². The van der Waals surface area contributed by atoms with Gasteiger partial charge in [-0.15, -0.1) is 11.3 Å². The SMILES string of the molecule is COc1cccc(/C=C\C(=O)Nc2nc(C)cs2)c1OC(F)F. The molecule has 5 nitrogen and oxygen atoms in total. The van der Waals surface area contributed by atoms with Crippen molar-refractivity contribution < 1.29 is 23.0 Å². The number of carbonyl (C=O) groups is 1. The minimum atomic E-state index is -2.99. The summed E-state index contributed by atoms with van der Waals surface area (Å²) < 4.78 is 34.5. The molecule has 0 spiro atoms. The van der Waals surface area contributed by atoms with Gasteiger partial charge < -0.3 is 9.47 Å². The molecule has 1 heterocycles. The van der Waals surface area contributed by atoms with Crippen molar-refractivity contribution in [3.05, 3.63) is 40.9 Å². The molecule has 122 valence electrons. The maximum Gasteiger partial charge on any atom is 0.387 e. The Morgan fingerprint density at radius 1 is 1.43 bits per heavy atom. The van der Waals surface area contributed by atoms with Crippen LogP contribution in [0.3, 0.4) is 0 Å². The third kappa shape index (κ3) is 4.75. The maximum atomic E-state index is 12.5. The van der Waals surface area contributed by atoms with E-state index in [1.165, 1.54) is 42.7 Å². The summed E-state index contributed by atoms with van der Waals surface area (Å²) in [5.74, 6) is -0.396. The van der Waals surface area contributed by atoms with Gasteiger partial charge in [0, 0.05) is 17.0 Å². The Bertz CT molecular complexity index is 716. The number of thiazole rings is 1. The lowest BCUT2D eigenvalue weighted by Gasteiger charge is -2.12. The van der Waals surface area contributed by atoms with E-state index in [4.69, 9.17) is 4.74 Å². The van der Waals surface area contributed by atoms with Gasteiger partial charge in [0.25, 0.3) is 0 Å². The van der Waals surface area contributed by atoms with Crippen LogP contribution in [0.4, 0.5) is 13.9 Å². The number of amides is 1. The van der Waals surface area contributed by atoms with Crippen LogP contribution < -0.4 is 14.8 Å². The molecule has 0 saturated carbocycles. The molecule has 1 N–H and O–H groups in total. The third-order valence-electron chi connectivity index (χ3n) is 2.70. The second kappa shape index (κ2) is 7.68. The average molecular weight is 340 g/mol. The zero-order valence-electron chi connectivity index (χ0n) is 12.4. The van der Waals surface area contributed by atoms with E-state index >= 15 is 0 Å². The van der Waals surface area contributed by atoms with Crippen LogP contribution in [0.15, 0.2) is 29.7 Å². The van der Waals surface area contributed by atoms with Crippen LogP contribution >= 0.6 is 11.3 Å². The molecule has 1 aromatic carbocycles. The van der Waals surface area contributed by atoms with Gasteiger partial charge in [0.05, 0.1) is 12.8 Å². The zero-order chi connectivity index (χ0) is 16.8. The number of nitrogens with zero attached hydrogens (tertiary/aromatic N) is 1. The molecule has 0 saturated heterocycles. The molecule has 23 heavy (non-hydrogen) atoms.